The van der Waals surface area contributed by atoms with Crippen LogP contribution in [-0.2, 0) is 0 Å². The van der Waals surface area contributed by atoms with Crippen molar-refractivity contribution in [2.24, 2.45) is 0 Å². The molecule has 6 nitrogen and oxygen atoms in total. The number of hydrogen-bond donors (Lipinski definition) is 5. The lowest BCUT2D eigenvalue weighted by Gasteiger charge is -2.34. The first-order valence-electron chi connectivity index (χ1n) is 5.94. The molecule has 1 aromatic carbocycles. The zero-order valence-corrected chi connectivity index (χ0v) is 10.0. The summed E-state index contributed by atoms with van der Waals surface area (Å²) in [6.07, 6.45) is 0. The summed E-state index contributed by atoms with van der Waals surface area (Å²) in [6, 6.07) is 2.46. The van der Waals surface area contributed by atoms with Crippen LogP contribution in [0.3, 0.4) is 0 Å². The molecule has 2 rings (SSSR count). The van der Waals surface area contributed by atoms with Crippen molar-refractivity contribution in [3.8, 4) is 17.2 Å². The van der Waals surface area contributed by atoms with Crippen molar-refractivity contribution in [3.63, 3.8) is 0 Å². The van der Waals surface area contributed by atoms with Crippen molar-refractivity contribution in [1.29, 1.82) is 0 Å². The zero-order valence-electron chi connectivity index (χ0n) is 10.0. The number of nitrogens with zero attached hydrogens (tertiary/aromatic N) is 1. The van der Waals surface area contributed by atoms with Crippen molar-refractivity contribution in [1.82, 2.24) is 10.2 Å². The summed E-state index contributed by atoms with van der Waals surface area (Å²) in [5.41, 5.74) is 0.426. The van der Waals surface area contributed by atoms with Gasteiger partial charge in [-0.1, -0.05) is 0 Å². The third kappa shape index (κ3) is 2.35. The molecule has 18 heavy (non-hydrogen) atoms. The Labute approximate surface area is 105 Å². The highest BCUT2D eigenvalue weighted by Gasteiger charge is 2.25. The Kier molecular flexibility index (Phi) is 3.90. The summed E-state index contributed by atoms with van der Waals surface area (Å²) < 4.78 is 0. The predicted octanol–water partition coefficient (Wildman–Crippen LogP) is -0.258. The number of phenols is 3. The molecule has 1 saturated heterocycles. The van der Waals surface area contributed by atoms with Crippen molar-refractivity contribution in [2.45, 2.75) is 6.04 Å². The zero-order chi connectivity index (χ0) is 13.1. The SMILES string of the molecule is OC[C@@H](c1ccc(O)c(O)c1O)N1CCNCC1. The van der Waals surface area contributed by atoms with Gasteiger partial charge in [-0.2, -0.15) is 0 Å². The molecule has 0 unspecified atom stereocenters. The van der Waals surface area contributed by atoms with E-state index in [0.29, 0.717) is 5.56 Å². The van der Waals surface area contributed by atoms with E-state index < -0.39 is 5.75 Å². The van der Waals surface area contributed by atoms with Crippen LogP contribution < -0.4 is 5.32 Å². The van der Waals surface area contributed by atoms with Crippen molar-refractivity contribution < 1.29 is 20.4 Å². The fraction of sp³-hybridized carbons (Fsp3) is 0.500. The molecule has 0 bridgehead atoms. The topological polar surface area (TPSA) is 96.2 Å². The Morgan fingerprint density at radius 1 is 1.11 bits per heavy atom. The highest BCUT2D eigenvalue weighted by molar-refractivity contribution is 5.54. The molecule has 0 radical (unpaired) electrons. The smallest absolute Gasteiger partial charge is 0.200 e. The lowest BCUT2D eigenvalue weighted by molar-refractivity contribution is 0.108. The Morgan fingerprint density at radius 3 is 2.39 bits per heavy atom. The largest absolute Gasteiger partial charge is 0.504 e. The molecule has 0 amide bonds. The van der Waals surface area contributed by atoms with Gasteiger partial charge in [0.1, 0.15) is 0 Å². The average Bonchev–Trinajstić information content (AvgIpc) is 2.41. The first kappa shape index (κ1) is 12.9. The van der Waals surface area contributed by atoms with Gasteiger partial charge in [0.05, 0.1) is 12.6 Å². The minimum atomic E-state index is -0.541. The highest BCUT2D eigenvalue weighted by Crippen LogP contribution is 2.41. The van der Waals surface area contributed by atoms with E-state index in [1.54, 1.807) is 0 Å². The molecule has 1 aliphatic heterocycles. The van der Waals surface area contributed by atoms with Gasteiger partial charge in [0, 0.05) is 31.7 Å². The molecule has 5 N–H and O–H groups in total. The summed E-state index contributed by atoms with van der Waals surface area (Å²) in [4.78, 5) is 2.03. The number of nitrogens with one attached hydrogen (secondary N) is 1. The fourth-order valence-electron chi connectivity index (χ4n) is 2.26. The van der Waals surface area contributed by atoms with E-state index in [0.717, 1.165) is 26.2 Å². The molecule has 1 fully saturated rings. The second-order valence-corrected chi connectivity index (χ2v) is 4.36. The number of hydrogen-bond acceptors (Lipinski definition) is 6. The van der Waals surface area contributed by atoms with Crippen LogP contribution in [0.4, 0.5) is 0 Å². The van der Waals surface area contributed by atoms with E-state index in [2.05, 4.69) is 5.32 Å². The second kappa shape index (κ2) is 5.43. The highest BCUT2D eigenvalue weighted by atomic mass is 16.3. The van der Waals surface area contributed by atoms with Gasteiger partial charge in [0.25, 0.3) is 0 Å². The van der Waals surface area contributed by atoms with Gasteiger partial charge in [0.15, 0.2) is 11.5 Å². The monoisotopic (exact) mass is 254 g/mol. The predicted molar refractivity (Wildman–Crippen MR) is 65.7 cm³/mol. The van der Waals surface area contributed by atoms with Gasteiger partial charge in [-0.05, 0) is 12.1 Å². The number of aliphatic hydroxyl groups excluding tert-OH is 1. The quantitative estimate of drug-likeness (QED) is 0.477. The molecule has 0 aliphatic carbocycles. The number of aliphatic hydroxyl groups is 1. The van der Waals surface area contributed by atoms with Gasteiger partial charge in [0.2, 0.25) is 5.75 Å². The Hall–Kier alpha value is -1.50. The maximum atomic E-state index is 9.85. The summed E-state index contributed by atoms with van der Waals surface area (Å²) in [7, 11) is 0. The molecule has 0 saturated carbocycles. The average molecular weight is 254 g/mol. The molecule has 1 aromatic rings. The number of piperazine rings is 1. The summed E-state index contributed by atoms with van der Waals surface area (Å²) in [5.74, 6) is -1.28. The summed E-state index contributed by atoms with van der Waals surface area (Å²) in [6.45, 7) is 3.00. The normalized spacial score (nSPS) is 18.7. The van der Waals surface area contributed by atoms with Crippen LogP contribution in [0, 0.1) is 0 Å². The Bertz CT molecular complexity index is 419. The number of phenolic OH excluding ortho intramolecular Hbond substituents is 3. The molecular formula is C12H18N2O4. The first-order valence-corrected chi connectivity index (χ1v) is 5.94. The Balaban J connectivity index is 2.29. The maximum absolute atomic E-state index is 9.85. The van der Waals surface area contributed by atoms with Crippen molar-refractivity contribution in [2.75, 3.05) is 32.8 Å². The minimum Gasteiger partial charge on any atom is -0.504 e. The van der Waals surface area contributed by atoms with Gasteiger partial charge in [-0.3, -0.25) is 4.90 Å². The lowest BCUT2D eigenvalue weighted by Crippen LogP contribution is -2.46. The van der Waals surface area contributed by atoms with Crippen LogP contribution in [0.1, 0.15) is 11.6 Å². The van der Waals surface area contributed by atoms with Crippen molar-refractivity contribution in [3.05, 3.63) is 17.7 Å². The molecule has 6 heteroatoms. The standard InChI is InChI=1S/C12H18N2O4/c15-7-9(14-5-3-13-4-6-14)8-1-2-10(16)12(18)11(8)17/h1-2,9,13,15-18H,3-7H2/t9-/m0/s1. The molecule has 1 heterocycles. The van der Waals surface area contributed by atoms with E-state index >= 15 is 0 Å². The maximum Gasteiger partial charge on any atom is 0.200 e. The number of aromatic hydroxyl groups is 3. The molecule has 0 aromatic heterocycles. The van der Waals surface area contributed by atoms with Crippen LogP contribution in [0.15, 0.2) is 12.1 Å². The van der Waals surface area contributed by atoms with Crippen molar-refractivity contribution >= 4 is 0 Å². The molecule has 1 aliphatic rings. The van der Waals surface area contributed by atoms with E-state index in [9.17, 15) is 20.4 Å². The lowest BCUT2D eigenvalue weighted by atomic mass is 10.0. The van der Waals surface area contributed by atoms with E-state index in [-0.39, 0.29) is 24.1 Å². The second-order valence-electron chi connectivity index (χ2n) is 4.36. The third-order valence-corrected chi connectivity index (χ3v) is 3.29. The number of benzene rings is 1. The van der Waals surface area contributed by atoms with Crippen LogP contribution in [-0.4, -0.2) is 58.1 Å². The van der Waals surface area contributed by atoms with Crippen LogP contribution in [0.5, 0.6) is 17.2 Å². The Morgan fingerprint density at radius 2 is 1.78 bits per heavy atom. The van der Waals surface area contributed by atoms with Gasteiger partial charge in [-0.25, -0.2) is 0 Å². The van der Waals surface area contributed by atoms with Crippen LogP contribution >= 0.6 is 0 Å². The van der Waals surface area contributed by atoms with Crippen LogP contribution in [0.25, 0.3) is 0 Å². The molecule has 1 atom stereocenters. The first-order chi connectivity index (χ1) is 8.65. The summed E-state index contributed by atoms with van der Waals surface area (Å²) >= 11 is 0. The third-order valence-electron chi connectivity index (χ3n) is 3.29. The van der Waals surface area contributed by atoms with E-state index in [4.69, 9.17) is 0 Å². The molecular weight excluding hydrogens is 236 g/mol. The van der Waals surface area contributed by atoms with Gasteiger partial charge >= 0.3 is 0 Å². The van der Waals surface area contributed by atoms with Gasteiger partial charge in [-0.15, -0.1) is 0 Å². The number of rotatable bonds is 3. The van der Waals surface area contributed by atoms with E-state index in [1.807, 2.05) is 4.90 Å². The van der Waals surface area contributed by atoms with E-state index in [1.165, 1.54) is 12.1 Å². The molecule has 0 spiro atoms. The van der Waals surface area contributed by atoms with Gasteiger partial charge < -0.3 is 25.7 Å². The molecule has 100 valence electrons. The minimum absolute atomic E-state index is 0.155. The summed E-state index contributed by atoms with van der Waals surface area (Å²) in [5, 5.41) is 41.4. The van der Waals surface area contributed by atoms with Crippen LogP contribution in [0.2, 0.25) is 0 Å². The fourth-order valence-corrected chi connectivity index (χ4v) is 2.26.